The Labute approximate surface area is 275 Å². The van der Waals surface area contributed by atoms with Gasteiger partial charge >= 0.3 is 12.3 Å². The smallest absolute Gasteiger partial charge is 0.481 e. The molecule has 0 aromatic heterocycles. The summed E-state index contributed by atoms with van der Waals surface area (Å²) in [6.45, 7) is 3.90. The number of halogens is 4. The first-order valence-corrected chi connectivity index (χ1v) is 15.4. The van der Waals surface area contributed by atoms with Crippen molar-refractivity contribution < 1.29 is 37.4 Å². The summed E-state index contributed by atoms with van der Waals surface area (Å²) in [6, 6.07) is 24.9. The SMILES string of the molecule is CCC[C@H](c1ccc(C(=O)NCCC(=O)O)cc1)[C@@H](C(=O)Nc1ccc(-c2ccc(Cl)cc2C)cc1)c1ccc(OC(F)(F)F)cc1. The number of hydrogen-bond donors (Lipinski definition) is 3. The number of carbonyl (C=O) groups excluding carboxylic acids is 2. The number of nitrogens with one attached hydrogen (secondary N) is 2. The molecule has 4 aromatic rings. The molecule has 0 unspecified atom stereocenters. The fraction of sp³-hybridized carbons (Fsp3) is 0.250. The third-order valence-electron chi connectivity index (χ3n) is 7.63. The second-order valence-corrected chi connectivity index (χ2v) is 11.5. The number of amides is 2. The van der Waals surface area contributed by atoms with E-state index in [1.54, 1.807) is 36.4 Å². The van der Waals surface area contributed by atoms with Gasteiger partial charge < -0.3 is 20.5 Å². The third kappa shape index (κ3) is 9.83. The van der Waals surface area contributed by atoms with Crippen molar-refractivity contribution in [3.05, 3.63) is 118 Å². The maximum atomic E-state index is 14.1. The Bertz CT molecular complexity index is 1690. The molecule has 7 nitrogen and oxygen atoms in total. The number of carboxylic acids is 1. The summed E-state index contributed by atoms with van der Waals surface area (Å²) in [4.78, 5) is 37.4. The van der Waals surface area contributed by atoms with Gasteiger partial charge in [0.15, 0.2) is 0 Å². The Morgan fingerprint density at radius 3 is 2.11 bits per heavy atom. The molecule has 0 saturated carbocycles. The van der Waals surface area contributed by atoms with Crippen molar-refractivity contribution in [3.63, 3.8) is 0 Å². The van der Waals surface area contributed by atoms with Gasteiger partial charge in [0.2, 0.25) is 5.91 Å². The highest BCUT2D eigenvalue weighted by Gasteiger charge is 2.33. The second-order valence-electron chi connectivity index (χ2n) is 11.0. The molecule has 0 saturated heterocycles. The molecule has 4 aromatic carbocycles. The molecule has 0 fully saturated rings. The van der Waals surface area contributed by atoms with Crippen molar-refractivity contribution in [1.29, 1.82) is 0 Å². The van der Waals surface area contributed by atoms with Crippen LogP contribution < -0.4 is 15.4 Å². The topological polar surface area (TPSA) is 105 Å². The van der Waals surface area contributed by atoms with Crippen LogP contribution in [0, 0.1) is 6.92 Å². The highest BCUT2D eigenvalue weighted by molar-refractivity contribution is 6.30. The normalized spacial score (nSPS) is 12.6. The summed E-state index contributed by atoms with van der Waals surface area (Å²) >= 11 is 6.11. The lowest BCUT2D eigenvalue weighted by atomic mass is 9.78. The Balaban J connectivity index is 1.64. The molecule has 11 heteroatoms. The number of alkyl halides is 3. The van der Waals surface area contributed by atoms with Crippen LogP contribution in [0.2, 0.25) is 5.02 Å². The number of carboxylic acid groups (broad SMARTS) is 1. The average Bonchev–Trinajstić information content (AvgIpc) is 3.01. The van der Waals surface area contributed by atoms with Crippen molar-refractivity contribution in [2.75, 3.05) is 11.9 Å². The van der Waals surface area contributed by atoms with Crippen LogP contribution in [-0.2, 0) is 9.59 Å². The van der Waals surface area contributed by atoms with Gasteiger partial charge in [-0.15, -0.1) is 13.2 Å². The van der Waals surface area contributed by atoms with Crippen molar-refractivity contribution in [2.45, 2.75) is 51.3 Å². The molecule has 2 amide bonds. The van der Waals surface area contributed by atoms with Crippen molar-refractivity contribution >= 4 is 35.1 Å². The van der Waals surface area contributed by atoms with Gasteiger partial charge in [-0.2, -0.15) is 0 Å². The summed E-state index contributed by atoms with van der Waals surface area (Å²) in [5.41, 5.74) is 5.02. The number of carbonyl (C=O) groups is 3. The molecule has 4 rings (SSSR count). The van der Waals surface area contributed by atoms with E-state index in [0.717, 1.165) is 22.3 Å². The summed E-state index contributed by atoms with van der Waals surface area (Å²) in [5.74, 6) is -3.45. The van der Waals surface area contributed by atoms with Crippen LogP contribution in [0.25, 0.3) is 11.1 Å². The first kappa shape index (κ1) is 35.0. The van der Waals surface area contributed by atoms with Gasteiger partial charge in [-0.05, 0) is 95.6 Å². The molecule has 0 aliphatic carbocycles. The average molecular weight is 667 g/mol. The zero-order valence-electron chi connectivity index (χ0n) is 25.7. The van der Waals surface area contributed by atoms with Gasteiger partial charge in [-0.3, -0.25) is 14.4 Å². The highest BCUT2D eigenvalue weighted by Crippen LogP contribution is 2.39. The fourth-order valence-electron chi connectivity index (χ4n) is 5.45. The van der Waals surface area contributed by atoms with Gasteiger partial charge in [-0.25, -0.2) is 0 Å². The molecule has 2 atom stereocenters. The maximum absolute atomic E-state index is 14.1. The van der Waals surface area contributed by atoms with Crippen molar-refractivity contribution in [1.82, 2.24) is 5.32 Å². The quantitative estimate of drug-likeness (QED) is 0.132. The predicted molar refractivity (Wildman–Crippen MR) is 175 cm³/mol. The summed E-state index contributed by atoms with van der Waals surface area (Å²) in [5, 5.41) is 15.0. The minimum absolute atomic E-state index is 0.0229. The van der Waals surface area contributed by atoms with Gasteiger partial charge in [0.25, 0.3) is 5.91 Å². The maximum Gasteiger partial charge on any atom is 0.573 e. The van der Waals surface area contributed by atoms with E-state index >= 15 is 0 Å². The number of anilines is 1. The summed E-state index contributed by atoms with van der Waals surface area (Å²) in [6.07, 6.45) is -3.83. The van der Waals surface area contributed by atoms with Crippen LogP contribution in [0.5, 0.6) is 5.75 Å². The highest BCUT2D eigenvalue weighted by atomic mass is 35.5. The molecular formula is C36H34ClF3N2O5. The van der Waals surface area contributed by atoms with Gasteiger partial charge in [-0.1, -0.05) is 67.4 Å². The number of aryl methyl sites for hydroxylation is 1. The molecule has 246 valence electrons. The zero-order chi connectivity index (χ0) is 34.1. The minimum atomic E-state index is -4.86. The molecular weight excluding hydrogens is 633 g/mol. The van der Waals surface area contributed by atoms with Crippen LogP contribution in [0.4, 0.5) is 18.9 Å². The van der Waals surface area contributed by atoms with Crippen molar-refractivity contribution in [2.24, 2.45) is 0 Å². The van der Waals surface area contributed by atoms with Crippen LogP contribution >= 0.6 is 11.6 Å². The van der Waals surface area contributed by atoms with Gasteiger partial charge in [0, 0.05) is 22.8 Å². The first-order valence-electron chi connectivity index (χ1n) is 15.0. The van der Waals surface area contributed by atoms with Gasteiger partial charge in [0.1, 0.15) is 5.75 Å². The largest absolute Gasteiger partial charge is 0.573 e. The predicted octanol–water partition coefficient (Wildman–Crippen LogP) is 8.72. The number of hydrogen-bond acceptors (Lipinski definition) is 4. The number of ether oxygens (including phenoxy) is 1. The number of rotatable bonds is 13. The molecule has 47 heavy (non-hydrogen) atoms. The van der Waals surface area contributed by atoms with Gasteiger partial charge in [0.05, 0.1) is 12.3 Å². The van der Waals surface area contributed by atoms with Crippen molar-refractivity contribution in [3.8, 4) is 16.9 Å². The minimum Gasteiger partial charge on any atom is -0.481 e. The number of benzene rings is 4. The molecule has 0 aliphatic rings. The number of aliphatic carboxylic acids is 1. The molecule has 3 N–H and O–H groups in total. The summed E-state index contributed by atoms with van der Waals surface area (Å²) in [7, 11) is 0. The first-order chi connectivity index (χ1) is 22.3. The fourth-order valence-corrected chi connectivity index (χ4v) is 5.68. The molecule has 0 bridgehead atoms. The van der Waals surface area contributed by atoms with E-state index in [2.05, 4.69) is 15.4 Å². The van der Waals surface area contributed by atoms with Crippen LogP contribution in [-0.4, -0.2) is 35.8 Å². The van der Waals surface area contributed by atoms with E-state index < -0.39 is 35.8 Å². The van der Waals surface area contributed by atoms with E-state index in [4.69, 9.17) is 16.7 Å². The Morgan fingerprint density at radius 1 is 0.894 bits per heavy atom. The lowest BCUT2D eigenvalue weighted by Crippen LogP contribution is -2.27. The lowest BCUT2D eigenvalue weighted by molar-refractivity contribution is -0.274. The van der Waals surface area contributed by atoms with E-state index in [9.17, 15) is 27.6 Å². The standard InChI is InChI=1S/C36H34ClF3N2O5/c1-3-4-31(24-5-7-26(8-6-24)34(45)41-20-19-32(43)44)33(25-11-16-29(17-12-25)47-36(38,39)40)35(46)42-28-14-9-23(10-15-28)30-18-13-27(37)21-22(30)2/h5-18,21,31,33H,3-4,19-20H2,1-2H3,(H,41,45)(H,42,46)(H,43,44)/t31-,33+/m1/s1. The Kier molecular flexibility index (Phi) is 11.7. The molecule has 0 aliphatic heterocycles. The zero-order valence-corrected chi connectivity index (χ0v) is 26.5. The monoisotopic (exact) mass is 666 g/mol. The van der Waals surface area contributed by atoms with E-state index in [0.29, 0.717) is 34.7 Å². The molecule has 0 heterocycles. The third-order valence-corrected chi connectivity index (χ3v) is 7.87. The van der Waals surface area contributed by atoms with Crippen LogP contribution in [0.1, 0.15) is 65.1 Å². The summed E-state index contributed by atoms with van der Waals surface area (Å²) < 4.78 is 42.6. The van der Waals surface area contributed by atoms with E-state index in [-0.39, 0.29) is 18.9 Å². The molecule has 0 radical (unpaired) electrons. The Hall–Kier alpha value is -4.83. The Morgan fingerprint density at radius 2 is 1.53 bits per heavy atom. The lowest BCUT2D eigenvalue weighted by Gasteiger charge is -2.28. The van der Waals surface area contributed by atoms with E-state index in [1.165, 1.54) is 24.3 Å². The second kappa shape index (κ2) is 15.6. The van der Waals surface area contributed by atoms with E-state index in [1.807, 2.05) is 44.2 Å². The van der Waals surface area contributed by atoms with Crippen LogP contribution in [0.15, 0.2) is 91.0 Å². The molecule has 0 spiro atoms. The van der Waals surface area contributed by atoms with Crippen LogP contribution in [0.3, 0.4) is 0 Å².